The first kappa shape index (κ1) is 15.8. The molecule has 21 heavy (non-hydrogen) atoms. The normalized spacial score (nSPS) is 25.5. The van der Waals surface area contributed by atoms with Crippen LogP contribution in [-0.2, 0) is 11.2 Å². The van der Waals surface area contributed by atoms with E-state index in [1.165, 1.54) is 50.5 Å². The molecule has 1 saturated carbocycles. The van der Waals surface area contributed by atoms with E-state index in [0.717, 1.165) is 16.8 Å². The van der Waals surface area contributed by atoms with E-state index in [1.54, 1.807) is 0 Å². The summed E-state index contributed by atoms with van der Waals surface area (Å²) < 4.78 is 6.46. The van der Waals surface area contributed by atoms with Crippen LogP contribution in [0.15, 0.2) is 24.3 Å². The van der Waals surface area contributed by atoms with Gasteiger partial charge in [0.05, 0.1) is 11.7 Å². The molecule has 2 atom stereocenters. The quantitative estimate of drug-likeness (QED) is 0.596. The van der Waals surface area contributed by atoms with Gasteiger partial charge in [-0.15, -0.1) is 0 Å². The number of halogens is 2. The zero-order valence-electron chi connectivity index (χ0n) is 12.5. The van der Waals surface area contributed by atoms with Crippen LogP contribution in [0.1, 0.15) is 50.5 Å². The van der Waals surface area contributed by atoms with Crippen LogP contribution in [0.4, 0.5) is 0 Å². The highest BCUT2D eigenvalue weighted by atomic mass is 79.9. The predicted molar refractivity (Wildman–Crippen MR) is 92.4 cm³/mol. The molecule has 0 N–H and O–H groups in total. The number of hydrogen-bond acceptors (Lipinski definition) is 1. The van der Waals surface area contributed by atoms with Crippen molar-refractivity contribution in [1.29, 1.82) is 0 Å². The van der Waals surface area contributed by atoms with E-state index in [-0.39, 0.29) is 5.60 Å². The Morgan fingerprint density at radius 2 is 1.90 bits per heavy atom. The summed E-state index contributed by atoms with van der Waals surface area (Å²) in [6.07, 6.45) is 10.6. The fourth-order valence-electron chi connectivity index (χ4n) is 3.98. The summed E-state index contributed by atoms with van der Waals surface area (Å²) in [7, 11) is 0. The molecule has 1 saturated heterocycles. The highest BCUT2D eigenvalue weighted by molar-refractivity contribution is 9.09. The Hall–Kier alpha value is -0.0500. The molecule has 0 amide bonds. The molecule has 1 spiro atoms. The molecule has 3 rings (SSSR count). The van der Waals surface area contributed by atoms with Gasteiger partial charge in [-0.1, -0.05) is 52.5 Å². The van der Waals surface area contributed by atoms with Crippen molar-refractivity contribution in [1.82, 2.24) is 0 Å². The zero-order valence-corrected chi connectivity index (χ0v) is 14.8. The topological polar surface area (TPSA) is 9.23 Å². The second-order valence-electron chi connectivity index (χ2n) is 6.76. The van der Waals surface area contributed by atoms with Crippen molar-refractivity contribution in [3.8, 4) is 0 Å². The van der Waals surface area contributed by atoms with Crippen LogP contribution >= 0.6 is 27.5 Å². The molecule has 2 fully saturated rings. The van der Waals surface area contributed by atoms with E-state index in [0.29, 0.717) is 12.0 Å². The molecule has 1 aliphatic heterocycles. The molecular weight excluding hydrogens is 348 g/mol. The third-order valence-electron chi connectivity index (χ3n) is 5.11. The van der Waals surface area contributed by atoms with Crippen LogP contribution in [0.25, 0.3) is 0 Å². The largest absolute Gasteiger partial charge is 0.372 e. The minimum Gasteiger partial charge on any atom is -0.372 e. The molecule has 116 valence electrons. The van der Waals surface area contributed by atoms with Gasteiger partial charge in [-0.2, -0.15) is 0 Å². The lowest BCUT2D eigenvalue weighted by Gasteiger charge is -2.25. The van der Waals surface area contributed by atoms with Crippen molar-refractivity contribution in [2.45, 2.75) is 63.1 Å². The number of alkyl halides is 1. The highest BCUT2D eigenvalue weighted by Crippen LogP contribution is 2.44. The van der Waals surface area contributed by atoms with Gasteiger partial charge >= 0.3 is 0 Å². The Kier molecular flexibility index (Phi) is 5.29. The van der Waals surface area contributed by atoms with Crippen LogP contribution in [0.2, 0.25) is 5.02 Å². The molecule has 0 bridgehead atoms. The maximum atomic E-state index is 6.46. The minimum atomic E-state index is 0.266. The van der Waals surface area contributed by atoms with Crippen molar-refractivity contribution in [3.63, 3.8) is 0 Å². The van der Waals surface area contributed by atoms with Gasteiger partial charge in [-0.05, 0) is 62.1 Å². The van der Waals surface area contributed by atoms with Gasteiger partial charge in [0.1, 0.15) is 0 Å². The molecule has 0 radical (unpaired) electrons. The number of benzene rings is 1. The van der Waals surface area contributed by atoms with Crippen molar-refractivity contribution in [3.05, 3.63) is 34.9 Å². The summed E-state index contributed by atoms with van der Waals surface area (Å²) in [6, 6.07) is 8.27. The average Bonchev–Trinajstić information content (AvgIpc) is 3.11. The fraction of sp³-hybridized carbons (Fsp3) is 0.667. The van der Waals surface area contributed by atoms with Gasteiger partial charge in [-0.25, -0.2) is 0 Å². The average molecular weight is 372 g/mol. The number of ether oxygens (including phenoxy) is 1. The first-order valence-electron chi connectivity index (χ1n) is 8.17. The van der Waals surface area contributed by atoms with Crippen LogP contribution in [-0.4, -0.2) is 17.0 Å². The van der Waals surface area contributed by atoms with Gasteiger partial charge in [0.25, 0.3) is 0 Å². The van der Waals surface area contributed by atoms with Gasteiger partial charge < -0.3 is 4.74 Å². The molecule has 1 nitrogen and oxygen atoms in total. The third kappa shape index (κ3) is 4.03. The summed E-state index contributed by atoms with van der Waals surface area (Å²) in [4.78, 5) is 0. The van der Waals surface area contributed by atoms with Gasteiger partial charge in [-0.3, -0.25) is 0 Å². The Morgan fingerprint density at radius 3 is 2.57 bits per heavy atom. The molecule has 1 heterocycles. The molecule has 1 aromatic carbocycles. The lowest BCUT2D eigenvalue weighted by atomic mass is 9.93. The predicted octanol–water partition coefficient (Wildman–Crippen LogP) is 5.78. The molecular formula is C18H24BrClO. The standard InChI is InChI=1S/C18H24BrClO/c19-13-15(11-14-3-5-16(20)6-4-14)12-17-7-10-18(21-17)8-1-2-9-18/h3-6,15,17H,1-2,7-13H2. The van der Waals surface area contributed by atoms with Crippen molar-refractivity contribution in [2.24, 2.45) is 5.92 Å². The van der Waals surface area contributed by atoms with E-state index in [1.807, 2.05) is 12.1 Å². The third-order valence-corrected chi connectivity index (χ3v) is 6.27. The van der Waals surface area contributed by atoms with E-state index in [9.17, 15) is 0 Å². The zero-order chi connectivity index (χ0) is 14.7. The first-order valence-corrected chi connectivity index (χ1v) is 9.67. The van der Waals surface area contributed by atoms with Gasteiger partial charge in [0.15, 0.2) is 0 Å². The molecule has 1 aromatic rings. The Bertz CT molecular complexity index is 453. The maximum absolute atomic E-state index is 6.46. The van der Waals surface area contributed by atoms with Crippen LogP contribution < -0.4 is 0 Å². The van der Waals surface area contributed by atoms with E-state index in [4.69, 9.17) is 16.3 Å². The maximum Gasteiger partial charge on any atom is 0.0687 e. The Balaban J connectivity index is 1.54. The van der Waals surface area contributed by atoms with E-state index >= 15 is 0 Å². The SMILES string of the molecule is Clc1ccc(CC(CBr)CC2CCC3(CCCC3)O2)cc1. The molecule has 2 aliphatic rings. The Morgan fingerprint density at radius 1 is 1.19 bits per heavy atom. The molecule has 0 aromatic heterocycles. The van der Waals surface area contributed by atoms with E-state index in [2.05, 4.69) is 28.1 Å². The summed E-state index contributed by atoms with van der Waals surface area (Å²) in [5.74, 6) is 0.646. The first-order chi connectivity index (χ1) is 10.2. The second kappa shape index (κ2) is 7.02. The summed E-state index contributed by atoms with van der Waals surface area (Å²) in [6.45, 7) is 0. The second-order valence-corrected chi connectivity index (χ2v) is 7.84. The van der Waals surface area contributed by atoms with Gasteiger partial charge in [0.2, 0.25) is 0 Å². The fourth-order valence-corrected chi connectivity index (χ4v) is 4.59. The highest BCUT2D eigenvalue weighted by Gasteiger charge is 2.42. The monoisotopic (exact) mass is 370 g/mol. The van der Waals surface area contributed by atoms with Crippen molar-refractivity contribution >= 4 is 27.5 Å². The summed E-state index contributed by atoms with van der Waals surface area (Å²) in [5, 5.41) is 1.86. The molecule has 3 heteroatoms. The Labute approximate surface area is 141 Å². The van der Waals surface area contributed by atoms with E-state index < -0.39 is 0 Å². The van der Waals surface area contributed by atoms with Crippen LogP contribution in [0, 0.1) is 5.92 Å². The number of rotatable bonds is 5. The summed E-state index contributed by atoms with van der Waals surface area (Å²) >= 11 is 9.65. The molecule has 2 unspecified atom stereocenters. The lowest BCUT2D eigenvalue weighted by molar-refractivity contribution is -0.0431. The van der Waals surface area contributed by atoms with Gasteiger partial charge in [0, 0.05) is 10.4 Å². The number of hydrogen-bond donors (Lipinski definition) is 0. The van der Waals surface area contributed by atoms with Crippen molar-refractivity contribution < 1.29 is 4.74 Å². The van der Waals surface area contributed by atoms with Crippen molar-refractivity contribution in [2.75, 3.05) is 5.33 Å². The smallest absolute Gasteiger partial charge is 0.0687 e. The summed E-state index contributed by atoms with van der Waals surface area (Å²) in [5.41, 5.74) is 1.64. The van der Waals surface area contributed by atoms with Crippen LogP contribution in [0.3, 0.4) is 0 Å². The molecule has 1 aliphatic carbocycles. The minimum absolute atomic E-state index is 0.266. The van der Waals surface area contributed by atoms with Crippen LogP contribution in [0.5, 0.6) is 0 Å². The lowest BCUT2D eigenvalue weighted by Crippen LogP contribution is -2.26.